The number of nitrogens with one attached hydrogen (secondary N) is 2. The minimum Gasteiger partial charge on any atom is -0.483 e. The van der Waals surface area contributed by atoms with Crippen LogP contribution in [-0.2, 0) is 21.0 Å². The summed E-state index contributed by atoms with van der Waals surface area (Å²) in [7, 11) is -3.83. The highest BCUT2D eigenvalue weighted by Crippen LogP contribution is 2.30. The third-order valence-corrected chi connectivity index (χ3v) is 6.45. The third-order valence-electron chi connectivity index (χ3n) is 5.07. The van der Waals surface area contributed by atoms with E-state index in [0.717, 1.165) is 35.4 Å². The largest absolute Gasteiger partial charge is 0.483 e. The Kier molecular flexibility index (Phi) is 7.21. The van der Waals surface area contributed by atoms with Crippen molar-refractivity contribution in [1.29, 1.82) is 0 Å². The second-order valence-corrected chi connectivity index (χ2v) is 9.43. The monoisotopic (exact) mass is 492 g/mol. The summed E-state index contributed by atoms with van der Waals surface area (Å²) >= 11 is 0. The number of rotatable bonds is 7. The number of benzene rings is 3. The molecule has 34 heavy (non-hydrogen) atoms. The summed E-state index contributed by atoms with van der Waals surface area (Å²) in [5.74, 6) is -0.278. The summed E-state index contributed by atoms with van der Waals surface area (Å²) in [5.41, 5.74) is 2.31. The molecule has 0 spiro atoms. The molecule has 0 bridgehead atoms. The SMILES string of the molecule is Cc1ccc(NS(=O)(=O)c2ccc(OCC(=O)Nc3ccc(C(F)(F)F)cc3)c(C)c2)cc1C. The Labute approximate surface area is 195 Å². The maximum absolute atomic E-state index is 12.7. The molecule has 180 valence electrons. The number of halogens is 3. The molecule has 0 saturated heterocycles. The van der Waals surface area contributed by atoms with Crippen LogP contribution in [0.5, 0.6) is 5.75 Å². The normalized spacial score (nSPS) is 11.7. The Morgan fingerprint density at radius 3 is 2.09 bits per heavy atom. The van der Waals surface area contributed by atoms with Crippen LogP contribution in [0.1, 0.15) is 22.3 Å². The molecule has 10 heteroatoms. The van der Waals surface area contributed by atoms with Crippen LogP contribution in [-0.4, -0.2) is 20.9 Å². The number of alkyl halides is 3. The molecule has 1 amide bonds. The van der Waals surface area contributed by atoms with E-state index in [1.165, 1.54) is 18.2 Å². The number of hydrogen-bond donors (Lipinski definition) is 2. The van der Waals surface area contributed by atoms with Gasteiger partial charge in [-0.05, 0) is 92.1 Å². The van der Waals surface area contributed by atoms with E-state index in [0.29, 0.717) is 17.0 Å². The van der Waals surface area contributed by atoms with Crippen molar-refractivity contribution in [3.8, 4) is 5.75 Å². The van der Waals surface area contributed by atoms with Crippen molar-refractivity contribution in [2.24, 2.45) is 0 Å². The van der Waals surface area contributed by atoms with Gasteiger partial charge in [-0.2, -0.15) is 13.2 Å². The lowest BCUT2D eigenvalue weighted by molar-refractivity contribution is -0.137. The Bertz CT molecular complexity index is 1300. The first-order valence-electron chi connectivity index (χ1n) is 10.2. The number of amides is 1. The van der Waals surface area contributed by atoms with Gasteiger partial charge >= 0.3 is 6.18 Å². The summed E-state index contributed by atoms with van der Waals surface area (Å²) in [6.45, 7) is 5.05. The molecule has 0 saturated carbocycles. The van der Waals surface area contributed by atoms with Gasteiger partial charge < -0.3 is 10.1 Å². The minimum atomic E-state index is -4.46. The molecule has 0 radical (unpaired) electrons. The maximum atomic E-state index is 12.7. The highest BCUT2D eigenvalue weighted by atomic mass is 32.2. The predicted octanol–water partition coefficient (Wildman–Crippen LogP) is 5.45. The van der Waals surface area contributed by atoms with Crippen molar-refractivity contribution < 1.29 is 31.1 Å². The van der Waals surface area contributed by atoms with Gasteiger partial charge in [0.1, 0.15) is 5.75 Å². The molecule has 3 aromatic rings. The molecule has 2 N–H and O–H groups in total. The zero-order chi connectivity index (χ0) is 25.1. The third kappa shape index (κ3) is 6.28. The fourth-order valence-electron chi connectivity index (χ4n) is 3.05. The number of carbonyl (C=O) groups is 1. The van der Waals surface area contributed by atoms with Gasteiger partial charge in [-0.1, -0.05) is 6.07 Å². The van der Waals surface area contributed by atoms with Crippen LogP contribution in [0.2, 0.25) is 0 Å². The summed E-state index contributed by atoms with van der Waals surface area (Å²) in [5, 5.41) is 2.44. The predicted molar refractivity (Wildman–Crippen MR) is 123 cm³/mol. The van der Waals surface area contributed by atoms with Crippen molar-refractivity contribution in [2.45, 2.75) is 31.8 Å². The molecule has 0 unspecified atom stereocenters. The van der Waals surface area contributed by atoms with E-state index in [-0.39, 0.29) is 10.6 Å². The van der Waals surface area contributed by atoms with Gasteiger partial charge in [-0.15, -0.1) is 0 Å². The van der Waals surface area contributed by atoms with Crippen LogP contribution in [0.15, 0.2) is 65.6 Å². The van der Waals surface area contributed by atoms with Gasteiger partial charge in [-0.3, -0.25) is 9.52 Å². The topological polar surface area (TPSA) is 84.5 Å². The Balaban J connectivity index is 1.62. The van der Waals surface area contributed by atoms with Crippen LogP contribution >= 0.6 is 0 Å². The second-order valence-electron chi connectivity index (χ2n) is 7.74. The van der Waals surface area contributed by atoms with E-state index < -0.39 is 34.3 Å². The second kappa shape index (κ2) is 9.76. The van der Waals surface area contributed by atoms with Crippen molar-refractivity contribution in [1.82, 2.24) is 0 Å². The Morgan fingerprint density at radius 1 is 0.853 bits per heavy atom. The number of hydrogen-bond acceptors (Lipinski definition) is 4. The first-order chi connectivity index (χ1) is 15.8. The molecule has 0 aromatic heterocycles. The molecule has 3 aromatic carbocycles. The fraction of sp³-hybridized carbons (Fsp3) is 0.208. The molecule has 0 aliphatic carbocycles. The molecule has 0 aliphatic heterocycles. The molecule has 0 heterocycles. The van der Waals surface area contributed by atoms with Crippen molar-refractivity contribution in [2.75, 3.05) is 16.6 Å². The highest BCUT2D eigenvalue weighted by Gasteiger charge is 2.30. The van der Waals surface area contributed by atoms with Crippen LogP contribution < -0.4 is 14.8 Å². The lowest BCUT2D eigenvalue weighted by Crippen LogP contribution is -2.20. The molecule has 0 fully saturated rings. The average molecular weight is 493 g/mol. The molecule has 0 atom stereocenters. The van der Waals surface area contributed by atoms with Crippen LogP contribution in [0, 0.1) is 20.8 Å². The van der Waals surface area contributed by atoms with Gasteiger partial charge in [0.15, 0.2) is 6.61 Å². The van der Waals surface area contributed by atoms with Crippen LogP contribution in [0.3, 0.4) is 0 Å². The zero-order valence-electron chi connectivity index (χ0n) is 18.7. The molecule has 3 rings (SSSR count). The van der Waals surface area contributed by atoms with Crippen molar-refractivity contribution >= 4 is 27.3 Å². The Morgan fingerprint density at radius 2 is 1.50 bits per heavy atom. The van der Waals surface area contributed by atoms with E-state index in [9.17, 15) is 26.4 Å². The van der Waals surface area contributed by atoms with Gasteiger partial charge in [0, 0.05) is 11.4 Å². The van der Waals surface area contributed by atoms with E-state index >= 15 is 0 Å². The van der Waals surface area contributed by atoms with E-state index in [2.05, 4.69) is 10.0 Å². The molecular formula is C24H23F3N2O4S. The molecule has 0 aliphatic rings. The Hall–Kier alpha value is -3.53. The minimum absolute atomic E-state index is 0.0322. The van der Waals surface area contributed by atoms with Gasteiger partial charge in [0.25, 0.3) is 15.9 Å². The smallest absolute Gasteiger partial charge is 0.416 e. The van der Waals surface area contributed by atoms with Gasteiger partial charge in [0.2, 0.25) is 0 Å². The summed E-state index contributed by atoms with van der Waals surface area (Å²) in [6, 6.07) is 13.5. The maximum Gasteiger partial charge on any atom is 0.416 e. The summed E-state index contributed by atoms with van der Waals surface area (Å²) < 4.78 is 71.3. The fourth-order valence-corrected chi connectivity index (χ4v) is 4.19. The lowest BCUT2D eigenvalue weighted by atomic mass is 10.1. The van der Waals surface area contributed by atoms with E-state index in [4.69, 9.17) is 4.74 Å². The summed E-state index contributed by atoms with van der Waals surface area (Å²) in [4.78, 5) is 12.1. The number of carbonyl (C=O) groups excluding carboxylic acids is 1. The van der Waals surface area contributed by atoms with Crippen LogP contribution in [0.4, 0.5) is 24.5 Å². The molecule has 6 nitrogen and oxygen atoms in total. The first-order valence-corrected chi connectivity index (χ1v) is 11.6. The van der Waals surface area contributed by atoms with Gasteiger partial charge in [0.05, 0.1) is 10.5 Å². The lowest BCUT2D eigenvalue weighted by Gasteiger charge is -2.13. The number of ether oxygens (including phenoxy) is 1. The van der Waals surface area contributed by atoms with Crippen LogP contribution in [0.25, 0.3) is 0 Å². The average Bonchev–Trinajstić information content (AvgIpc) is 2.75. The standard InChI is InChI=1S/C24H23F3N2O4S/c1-15-4-7-20(12-16(15)2)29-34(31,32)21-10-11-22(17(3)13-21)33-14-23(30)28-19-8-5-18(6-9-19)24(25,26)27/h4-13,29H,14H2,1-3H3,(H,28,30). The quantitative estimate of drug-likeness (QED) is 0.460. The highest BCUT2D eigenvalue weighted by molar-refractivity contribution is 7.92. The van der Waals surface area contributed by atoms with Crippen molar-refractivity contribution in [3.63, 3.8) is 0 Å². The van der Waals surface area contributed by atoms with E-state index in [1.54, 1.807) is 19.1 Å². The van der Waals surface area contributed by atoms with E-state index in [1.807, 2.05) is 19.9 Å². The number of anilines is 2. The number of aryl methyl sites for hydroxylation is 3. The van der Waals surface area contributed by atoms with Gasteiger partial charge in [-0.25, -0.2) is 8.42 Å². The summed E-state index contributed by atoms with van der Waals surface area (Å²) in [6.07, 6.45) is -4.46. The molecular weight excluding hydrogens is 469 g/mol. The zero-order valence-corrected chi connectivity index (χ0v) is 19.5. The van der Waals surface area contributed by atoms with Crippen molar-refractivity contribution in [3.05, 3.63) is 82.9 Å². The number of sulfonamides is 1. The first kappa shape index (κ1) is 25.1.